The van der Waals surface area contributed by atoms with Crippen molar-refractivity contribution in [2.75, 3.05) is 13.1 Å². The molecule has 0 aliphatic carbocycles. The highest BCUT2D eigenvalue weighted by Crippen LogP contribution is 2.19. The van der Waals surface area contributed by atoms with Crippen molar-refractivity contribution < 1.29 is 18.9 Å². The van der Waals surface area contributed by atoms with E-state index in [0.29, 0.717) is 43.2 Å². The van der Waals surface area contributed by atoms with Crippen molar-refractivity contribution in [2.24, 2.45) is 5.92 Å². The Hall–Kier alpha value is -3.03. The maximum absolute atomic E-state index is 12.4. The molecule has 28 heavy (non-hydrogen) atoms. The number of rotatable bonds is 7. The number of amides is 2. The molecule has 2 amide bonds. The van der Waals surface area contributed by atoms with Gasteiger partial charge in [0.2, 0.25) is 17.7 Å². The van der Waals surface area contributed by atoms with E-state index in [1.807, 2.05) is 18.2 Å². The number of Topliss-reactive ketones (excluding diaryl/α,β-unsaturated/α-hetero) is 1. The minimum absolute atomic E-state index is 0.0283. The molecule has 8 nitrogen and oxygen atoms in total. The van der Waals surface area contributed by atoms with Crippen molar-refractivity contribution in [3.63, 3.8) is 0 Å². The molecule has 0 radical (unpaired) electrons. The number of nitrogens with zero attached hydrogens (tertiary/aromatic N) is 3. The van der Waals surface area contributed by atoms with Crippen LogP contribution in [0, 0.1) is 12.8 Å². The number of piperidine rings is 1. The largest absolute Gasteiger partial charge is 0.347 e. The Morgan fingerprint density at radius 2 is 1.86 bits per heavy atom. The zero-order valence-electron chi connectivity index (χ0n) is 15.9. The molecule has 3 rings (SSSR count). The first-order chi connectivity index (χ1) is 13.5. The van der Waals surface area contributed by atoms with Crippen LogP contribution in [0.1, 0.15) is 47.8 Å². The van der Waals surface area contributed by atoms with Gasteiger partial charge in [-0.2, -0.15) is 4.98 Å². The summed E-state index contributed by atoms with van der Waals surface area (Å²) < 4.78 is 4.97. The fourth-order valence-electron chi connectivity index (χ4n) is 3.26. The van der Waals surface area contributed by atoms with Crippen molar-refractivity contribution in [2.45, 2.75) is 39.2 Å². The summed E-state index contributed by atoms with van der Waals surface area (Å²) in [6.45, 7) is 2.97. The summed E-state index contributed by atoms with van der Waals surface area (Å²) in [5.41, 5.74) is 0.627. The molecule has 0 saturated carbocycles. The first-order valence-electron chi connectivity index (χ1n) is 9.46. The normalized spacial score (nSPS) is 14.7. The number of benzene rings is 1. The second-order valence-electron chi connectivity index (χ2n) is 6.90. The van der Waals surface area contributed by atoms with Crippen LogP contribution >= 0.6 is 0 Å². The minimum atomic E-state index is -0.140. The smallest absolute Gasteiger partial charge is 0.246 e. The fourth-order valence-corrected chi connectivity index (χ4v) is 3.26. The molecule has 1 fully saturated rings. The molecule has 1 aromatic carbocycles. The van der Waals surface area contributed by atoms with Gasteiger partial charge in [0.1, 0.15) is 0 Å². The van der Waals surface area contributed by atoms with Gasteiger partial charge in [-0.15, -0.1) is 0 Å². The third-order valence-electron chi connectivity index (χ3n) is 4.86. The number of carbonyl (C=O) groups excluding carboxylic acids is 3. The first-order valence-corrected chi connectivity index (χ1v) is 9.46. The number of carbonyl (C=O) groups is 3. The third-order valence-corrected chi connectivity index (χ3v) is 4.86. The van der Waals surface area contributed by atoms with Gasteiger partial charge in [-0.05, 0) is 19.8 Å². The lowest BCUT2D eigenvalue weighted by atomic mass is 9.95. The van der Waals surface area contributed by atoms with E-state index in [1.165, 1.54) is 0 Å². The second kappa shape index (κ2) is 9.25. The number of hydrogen-bond acceptors (Lipinski definition) is 6. The van der Waals surface area contributed by atoms with Gasteiger partial charge in [0, 0.05) is 37.4 Å². The number of hydrogen-bond donors (Lipinski definition) is 1. The van der Waals surface area contributed by atoms with Crippen LogP contribution in [0.15, 0.2) is 34.9 Å². The quantitative estimate of drug-likeness (QED) is 0.731. The van der Waals surface area contributed by atoms with E-state index in [1.54, 1.807) is 24.0 Å². The van der Waals surface area contributed by atoms with E-state index < -0.39 is 0 Å². The third kappa shape index (κ3) is 5.25. The first kappa shape index (κ1) is 19.7. The van der Waals surface area contributed by atoms with Crippen LogP contribution in [0.5, 0.6) is 0 Å². The lowest BCUT2D eigenvalue weighted by Crippen LogP contribution is -2.43. The zero-order chi connectivity index (χ0) is 19.9. The molecular weight excluding hydrogens is 360 g/mol. The highest BCUT2D eigenvalue weighted by molar-refractivity contribution is 5.97. The standard InChI is InChI=1S/C20H24N4O4/c1-14-22-18(28-23-14)13-21-20(27)16-9-11-24(12-10-16)19(26)8-7-17(25)15-5-3-2-4-6-15/h2-6,16H,7-13H2,1H3,(H,21,27). The molecular formula is C20H24N4O4. The van der Waals surface area contributed by atoms with E-state index in [9.17, 15) is 14.4 Å². The van der Waals surface area contributed by atoms with Crippen LogP contribution in [0.3, 0.4) is 0 Å². The molecule has 1 aliphatic heterocycles. The highest BCUT2D eigenvalue weighted by Gasteiger charge is 2.27. The number of ketones is 1. The minimum Gasteiger partial charge on any atom is -0.347 e. The number of aryl methyl sites for hydroxylation is 1. The highest BCUT2D eigenvalue weighted by atomic mass is 16.5. The van der Waals surface area contributed by atoms with Gasteiger partial charge in [-0.1, -0.05) is 35.5 Å². The van der Waals surface area contributed by atoms with Crippen LogP contribution in [-0.2, 0) is 16.1 Å². The van der Waals surface area contributed by atoms with Gasteiger partial charge < -0.3 is 14.7 Å². The summed E-state index contributed by atoms with van der Waals surface area (Å²) in [6.07, 6.45) is 1.61. The molecule has 0 unspecified atom stereocenters. The predicted molar refractivity (Wildman–Crippen MR) is 100 cm³/mol. The molecule has 2 aromatic rings. The Morgan fingerprint density at radius 3 is 2.50 bits per heavy atom. The van der Waals surface area contributed by atoms with Gasteiger partial charge in [0.05, 0.1) is 6.54 Å². The summed E-state index contributed by atoms with van der Waals surface area (Å²) in [6, 6.07) is 8.99. The molecule has 1 aromatic heterocycles. The van der Waals surface area contributed by atoms with Crippen LogP contribution < -0.4 is 5.32 Å². The topological polar surface area (TPSA) is 105 Å². The summed E-state index contributed by atoms with van der Waals surface area (Å²) in [7, 11) is 0. The van der Waals surface area contributed by atoms with Crippen molar-refractivity contribution in [3.8, 4) is 0 Å². The van der Waals surface area contributed by atoms with Crippen LogP contribution in [0.2, 0.25) is 0 Å². The monoisotopic (exact) mass is 384 g/mol. The zero-order valence-corrected chi connectivity index (χ0v) is 15.9. The van der Waals surface area contributed by atoms with E-state index in [-0.39, 0.29) is 42.9 Å². The lowest BCUT2D eigenvalue weighted by Gasteiger charge is -2.31. The van der Waals surface area contributed by atoms with Crippen molar-refractivity contribution in [1.29, 1.82) is 0 Å². The van der Waals surface area contributed by atoms with Gasteiger partial charge in [0.25, 0.3) is 0 Å². The van der Waals surface area contributed by atoms with Gasteiger partial charge in [0.15, 0.2) is 11.6 Å². The van der Waals surface area contributed by atoms with E-state index in [0.717, 1.165) is 0 Å². The summed E-state index contributed by atoms with van der Waals surface area (Å²) >= 11 is 0. The number of aromatic nitrogens is 2. The van der Waals surface area contributed by atoms with E-state index in [4.69, 9.17) is 4.52 Å². The molecule has 2 heterocycles. The van der Waals surface area contributed by atoms with Crippen LogP contribution in [0.4, 0.5) is 0 Å². The average molecular weight is 384 g/mol. The van der Waals surface area contributed by atoms with Crippen molar-refractivity contribution in [1.82, 2.24) is 20.4 Å². The summed E-state index contributed by atoms with van der Waals surface area (Å²) in [5, 5.41) is 6.48. The Kier molecular flexibility index (Phi) is 6.52. The van der Waals surface area contributed by atoms with Crippen LogP contribution in [0.25, 0.3) is 0 Å². The van der Waals surface area contributed by atoms with Crippen LogP contribution in [-0.4, -0.2) is 45.7 Å². The molecule has 0 bridgehead atoms. The summed E-state index contributed by atoms with van der Waals surface area (Å²) in [4.78, 5) is 42.6. The van der Waals surface area contributed by atoms with Crippen molar-refractivity contribution in [3.05, 3.63) is 47.6 Å². The Balaban J connectivity index is 1.38. The molecule has 1 aliphatic rings. The van der Waals surface area contributed by atoms with Gasteiger partial charge >= 0.3 is 0 Å². The van der Waals surface area contributed by atoms with Crippen molar-refractivity contribution >= 4 is 17.6 Å². The Labute approximate surface area is 163 Å². The average Bonchev–Trinajstić information content (AvgIpc) is 3.16. The molecule has 1 saturated heterocycles. The lowest BCUT2D eigenvalue weighted by molar-refractivity contribution is -0.135. The van der Waals surface area contributed by atoms with E-state index >= 15 is 0 Å². The SMILES string of the molecule is Cc1noc(CNC(=O)C2CCN(C(=O)CCC(=O)c3ccccc3)CC2)n1. The predicted octanol–water partition coefficient (Wildman–Crippen LogP) is 1.90. The Morgan fingerprint density at radius 1 is 1.14 bits per heavy atom. The second-order valence-corrected chi connectivity index (χ2v) is 6.90. The molecule has 0 atom stereocenters. The molecule has 148 valence electrons. The Bertz CT molecular complexity index is 826. The maximum atomic E-state index is 12.4. The maximum Gasteiger partial charge on any atom is 0.246 e. The number of nitrogens with one attached hydrogen (secondary N) is 1. The molecule has 8 heteroatoms. The van der Waals surface area contributed by atoms with E-state index in [2.05, 4.69) is 15.5 Å². The molecule has 0 spiro atoms. The number of likely N-dealkylation sites (tertiary alicyclic amines) is 1. The summed E-state index contributed by atoms with van der Waals surface area (Å²) in [5.74, 6) is 0.633. The fraction of sp³-hybridized carbons (Fsp3) is 0.450. The van der Waals surface area contributed by atoms with Gasteiger partial charge in [-0.25, -0.2) is 0 Å². The van der Waals surface area contributed by atoms with Gasteiger partial charge in [-0.3, -0.25) is 14.4 Å². The molecule has 1 N–H and O–H groups in total.